The number of carbonyl (C=O) groups excluding carboxylic acids is 1. The largest absolute Gasteiger partial charge is 0.465 e. The van der Waals surface area contributed by atoms with E-state index in [0.717, 1.165) is 12.8 Å². The van der Waals surface area contributed by atoms with Crippen molar-refractivity contribution in [3.63, 3.8) is 0 Å². The topological polar surface area (TPSA) is 59.4 Å². The lowest BCUT2D eigenvalue weighted by Gasteiger charge is -2.04. The molecule has 4 nitrogen and oxygen atoms in total. The number of aliphatic hydroxyl groups is 1. The summed E-state index contributed by atoms with van der Waals surface area (Å²) in [5.74, 6) is -0.385. The molecule has 1 aromatic heterocycles. The van der Waals surface area contributed by atoms with Crippen molar-refractivity contribution in [2.75, 3.05) is 7.11 Å². The Bertz CT molecular complexity index is 362. The number of hydrogen-bond donors (Lipinski definition) is 1. The van der Waals surface area contributed by atoms with Crippen LogP contribution in [0.15, 0.2) is 0 Å². The summed E-state index contributed by atoms with van der Waals surface area (Å²) in [5.41, 5.74) is 0.627. The van der Waals surface area contributed by atoms with Crippen LogP contribution in [0.5, 0.6) is 0 Å². The van der Waals surface area contributed by atoms with Crippen molar-refractivity contribution in [3.8, 4) is 0 Å². The van der Waals surface area contributed by atoms with Gasteiger partial charge < -0.3 is 9.84 Å². The van der Waals surface area contributed by atoms with E-state index in [-0.39, 0.29) is 5.97 Å². The Morgan fingerprint density at radius 3 is 2.88 bits per heavy atom. The van der Waals surface area contributed by atoms with E-state index in [9.17, 15) is 9.90 Å². The average Bonchev–Trinajstić information content (AvgIpc) is 2.67. The molecule has 1 N–H and O–H groups in total. The lowest BCUT2D eigenvalue weighted by Crippen LogP contribution is -1.99. The molecule has 0 saturated heterocycles. The number of thiazole rings is 1. The first-order chi connectivity index (χ1) is 7.60. The molecule has 0 amide bonds. The first-order valence-corrected chi connectivity index (χ1v) is 6.15. The molecule has 0 aliphatic carbocycles. The maximum absolute atomic E-state index is 11.4. The molecule has 1 atom stereocenters. The molecular weight excluding hydrogens is 226 g/mol. The summed E-state index contributed by atoms with van der Waals surface area (Å²) < 4.78 is 4.64. The van der Waals surface area contributed by atoms with Crippen LogP contribution in [0.25, 0.3) is 0 Å². The van der Waals surface area contributed by atoms with Crippen molar-refractivity contribution in [1.82, 2.24) is 4.98 Å². The summed E-state index contributed by atoms with van der Waals surface area (Å²) in [7, 11) is 1.34. The van der Waals surface area contributed by atoms with E-state index in [2.05, 4.69) is 16.6 Å². The molecule has 0 bridgehead atoms. The van der Waals surface area contributed by atoms with E-state index in [0.29, 0.717) is 22.0 Å². The molecule has 1 rings (SSSR count). The van der Waals surface area contributed by atoms with Gasteiger partial charge in [0.15, 0.2) is 0 Å². The van der Waals surface area contributed by atoms with Crippen LogP contribution in [0.1, 0.15) is 52.7 Å². The second kappa shape index (κ2) is 5.96. The number of esters is 1. The Labute approximate surface area is 99.3 Å². The van der Waals surface area contributed by atoms with Gasteiger partial charge in [-0.1, -0.05) is 19.8 Å². The fraction of sp³-hybridized carbons (Fsp3) is 0.636. The fourth-order valence-electron chi connectivity index (χ4n) is 1.36. The highest BCUT2D eigenvalue weighted by atomic mass is 32.1. The van der Waals surface area contributed by atoms with E-state index in [1.54, 1.807) is 6.92 Å². The summed E-state index contributed by atoms with van der Waals surface area (Å²) in [6, 6.07) is 0. The number of methoxy groups -OCH3 is 1. The monoisotopic (exact) mass is 243 g/mol. The smallest absolute Gasteiger partial charge is 0.349 e. The van der Waals surface area contributed by atoms with Crippen molar-refractivity contribution >= 4 is 17.3 Å². The van der Waals surface area contributed by atoms with Crippen LogP contribution in [-0.2, 0) is 4.74 Å². The number of aryl methyl sites for hydroxylation is 1. The minimum atomic E-state index is -0.568. The number of nitrogens with zero attached hydrogens (tertiary/aromatic N) is 1. The van der Waals surface area contributed by atoms with Crippen LogP contribution in [0, 0.1) is 6.92 Å². The Morgan fingerprint density at radius 1 is 1.62 bits per heavy atom. The number of rotatable bonds is 5. The predicted octanol–water partition coefficient (Wildman–Crippen LogP) is 2.46. The van der Waals surface area contributed by atoms with Crippen molar-refractivity contribution in [2.24, 2.45) is 0 Å². The standard InChI is InChI=1S/C11H17NO3S/c1-4-5-6-8(13)10-12-7(2)9(16-10)11(14)15-3/h8,13H,4-6H2,1-3H3. The first kappa shape index (κ1) is 13.1. The number of aliphatic hydroxyl groups excluding tert-OH is 1. The number of unbranched alkanes of at least 4 members (excludes halogenated alkanes) is 1. The summed E-state index contributed by atoms with van der Waals surface area (Å²) in [6.45, 7) is 3.82. The van der Waals surface area contributed by atoms with Crippen molar-refractivity contribution in [2.45, 2.75) is 39.2 Å². The summed E-state index contributed by atoms with van der Waals surface area (Å²) in [4.78, 5) is 16.0. The maximum atomic E-state index is 11.4. The minimum absolute atomic E-state index is 0.385. The van der Waals surface area contributed by atoms with Crippen LogP contribution in [0.2, 0.25) is 0 Å². The molecule has 1 unspecified atom stereocenters. The third-order valence-electron chi connectivity index (χ3n) is 2.30. The molecule has 90 valence electrons. The molecule has 0 aliphatic heterocycles. The minimum Gasteiger partial charge on any atom is -0.465 e. The average molecular weight is 243 g/mol. The first-order valence-electron chi connectivity index (χ1n) is 5.33. The molecule has 0 fully saturated rings. The lowest BCUT2D eigenvalue weighted by molar-refractivity contribution is 0.0605. The van der Waals surface area contributed by atoms with Gasteiger partial charge in [0.05, 0.1) is 12.8 Å². The van der Waals surface area contributed by atoms with Gasteiger partial charge in [0, 0.05) is 0 Å². The van der Waals surface area contributed by atoms with E-state index < -0.39 is 6.10 Å². The van der Waals surface area contributed by atoms with Gasteiger partial charge in [-0.3, -0.25) is 0 Å². The highest BCUT2D eigenvalue weighted by Gasteiger charge is 2.19. The second-order valence-corrected chi connectivity index (χ2v) is 4.65. The van der Waals surface area contributed by atoms with Gasteiger partial charge in [-0.05, 0) is 13.3 Å². The van der Waals surface area contributed by atoms with Crippen LogP contribution < -0.4 is 0 Å². The van der Waals surface area contributed by atoms with E-state index in [1.807, 2.05) is 0 Å². The number of carbonyl (C=O) groups is 1. The van der Waals surface area contributed by atoms with Crippen LogP contribution in [-0.4, -0.2) is 23.2 Å². The molecular formula is C11H17NO3S. The molecule has 0 saturated carbocycles. The second-order valence-electron chi connectivity index (χ2n) is 3.62. The SMILES string of the molecule is CCCCC(O)c1nc(C)c(C(=O)OC)s1. The highest BCUT2D eigenvalue weighted by Crippen LogP contribution is 2.27. The summed E-state index contributed by atoms with van der Waals surface area (Å²) >= 11 is 1.22. The molecule has 16 heavy (non-hydrogen) atoms. The molecule has 0 aromatic carbocycles. The van der Waals surface area contributed by atoms with Gasteiger partial charge in [0.1, 0.15) is 16.0 Å². The van der Waals surface area contributed by atoms with Gasteiger partial charge in [0.25, 0.3) is 0 Å². The zero-order valence-electron chi connectivity index (χ0n) is 9.82. The van der Waals surface area contributed by atoms with Gasteiger partial charge >= 0.3 is 5.97 Å². The third-order valence-corrected chi connectivity index (χ3v) is 3.54. The molecule has 0 radical (unpaired) electrons. The van der Waals surface area contributed by atoms with Gasteiger partial charge in [-0.15, -0.1) is 11.3 Å². The lowest BCUT2D eigenvalue weighted by atomic mass is 10.2. The summed E-state index contributed by atoms with van der Waals surface area (Å²) in [5, 5.41) is 10.4. The molecule has 1 heterocycles. The summed E-state index contributed by atoms with van der Waals surface area (Å²) in [6.07, 6.45) is 2.10. The molecule has 0 aliphatic rings. The van der Waals surface area contributed by atoms with Crippen molar-refractivity contribution < 1.29 is 14.6 Å². The molecule has 5 heteroatoms. The normalized spacial score (nSPS) is 12.5. The zero-order valence-corrected chi connectivity index (χ0v) is 10.6. The molecule has 1 aromatic rings. The van der Waals surface area contributed by atoms with Crippen molar-refractivity contribution in [3.05, 3.63) is 15.6 Å². The number of ether oxygens (including phenoxy) is 1. The Morgan fingerprint density at radius 2 is 2.31 bits per heavy atom. The quantitative estimate of drug-likeness (QED) is 0.807. The van der Waals surface area contributed by atoms with Crippen LogP contribution in [0.3, 0.4) is 0 Å². The van der Waals surface area contributed by atoms with Crippen LogP contribution in [0.4, 0.5) is 0 Å². The predicted molar refractivity (Wildman–Crippen MR) is 62.7 cm³/mol. The van der Waals surface area contributed by atoms with E-state index in [4.69, 9.17) is 0 Å². The van der Waals surface area contributed by atoms with Crippen molar-refractivity contribution in [1.29, 1.82) is 0 Å². The van der Waals surface area contributed by atoms with Gasteiger partial charge in [-0.2, -0.15) is 0 Å². The maximum Gasteiger partial charge on any atom is 0.349 e. The Kier molecular flexibility index (Phi) is 4.89. The zero-order chi connectivity index (χ0) is 12.1. The van der Waals surface area contributed by atoms with Crippen LogP contribution >= 0.6 is 11.3 Å². The molecule has 0 spiro atoms. The number of aromatic nitrogens is 1. The fourth-order valence-corrected chi connectivity index (χ4v) is 2.37. The van der Waals surface area contributed by atoms with Gasteiger partial charge in [-0.25, -0.2) is 9.78 Å². The van der Waals surface area contributed by atoms with E-state index in [1.165, 1.54) is 18.4 Å². The Hall–Kier alpha value is -0.940. The Balaban J connectivity index is 2.79. The number of hydrogen-bond acceptors (Lipinski definition) is 5. The van der Waals surface area contributed by atoms with Gasteiger partial charge in [0.2, 0.25) is 0 Å². The third kappa shape index (κ3) is 3.02. The van der Waals surface area contributed by atoms with E-state index >= 15 is 0 Å². The highest BCUT2D eigenvalue weighted by molar-refractivity contribution is 7.13.